The summed E-state index contributed by atoms with van der Waals surface area (Å²) in [6.07, 6.45) is 1.38. The van der Waals surface area contributed by atoms with Crippen LogP contribution in [-0.2, 0) is 0 Å². The first-order valence-corrected chi connectivity index (χ1v) is 7.57. The van der Waals surface area contributed by atoms with Crippen molar-refractivity contribution in [3.8, 4) is 11.4 Å². The predicted octanol–water partition coefficient (Wildman–Crippen LogP) is 4.13. The lowest BCUT2D eigenvalue weighted by Gasteiger charge is -2.12. The average molecular weight is 328 g/mol. The topological polar surface area (TPSA) is 75.6 Å². The minimum absolute atomic E-state index is 0. The zero-order valence-electron chi connectivity index (χ0n) is 13.4. The summed E-state index contributed by atoms with van der Waals surface area (Å²) in [4.78, 5) is 16.7. The summed E-state index contributed by atoms with van der Waals surface area (Å²) >= 11 is 0. The standard InChI is InChI=1S/C17H17FN6.2H2/c1-11(2)20-16-22-15(12-6-4-3-5-7-12)23-17(24-16)21-13-8-9-19-14(18)10-13;;/h3-11H,1-2H3,(H2,19,20,21,22,23,24);2*1H. The van der Waals surface area contributed by atoms with Crippen LogP contribution in [0.5, 0.6) is 0 Å². The average Bonchev–Trinajstić information content (AvgIpc) is 2.55. The Morgan fingerprint density at radius 2 is 1.75 bits per heavy atom. The molecule has 0 fully saturated rings. The van der Waals surface area contributed by atoms with E-state index in [1.165, 1.54) is 12.3 Å². The Kier molecular flexibility index (Phi) is 4.60. The van der Waals surface area contributed by atoms with Crippen molar-refractivity contribution in [1.29, 1.82) is 0 Å². The van der Waals surface area contributed by atoms with Crippen LogP contribution in [0.1, 0.15) is 16.7 Å². The minimum Gasteiger partial charge on any atom is -0.352 e. The minimum atomic E-state index is -0.571. The Labute approximate surface area is 142 Å². The van der Waals surface area contributed by atoms with E-state index >= 15 is 0 Å². The molecule has 0 amide bonds. The number of anilines is 3. The molecule has 0 atom stereocenters. The molecule has 0 saturated heterocycles. The molecule has 7 heteroatoms. The van der Waals surface area contributed by atoms with E-state index in [4.69, 9.17) is 0 Å². The summed E-state index contributed by atoms with van der Waals surface area (Å²) in [6, 6.07) is 12.7. The second kappa shape index (κ2) is 6.99. The molecule has 6 nitrogen and oxygen atoms in total. The lowest BCUT2D eigenvalue weighted by atomic mass is 10.2. The number of benzene rings is 1. The maximum Gasteiger partial charge on any atom is 0.232 e. The van der Waals surface area contributed by atoms with Crippen molar-refractivity contribution in [3.63, 3.8) is 0 Å². The van der Waals surface area contributed by atoms with Crippen LogP contribution in [0, 0.1) is 5.95 Å². The van der Waals surface area contributed by atoms with Crippen LogP contribution in [0.4, 0.5) is 22.0 Å². The SMILES string of the molecule is CC(C)Nc1nc(Nc2ccnc(F)c2)nc(-c2ccccc2)n1.[HH].[HH]. The van der Waals surface area contributed by atoms with Gasteiger partial charge in [0.15, 0.2) is 5.82 Å². The zero-order valence-corrected chi connectivity index (χ0v) is 13.4. The van der Waals surface area contributed by atoms with Crippen LogP contribution in [0.3, 0.4) is 0 Å². The van der Waals surface area contributed by atoms with Crippen molar-refractivity contribution in [3.05, 3.63) is 54.6 Å². The highest BCUT2D eigenvalue weighted by Crippen LogP contribution is 2.20. The third kappa shape index (κ3) is 4.01. The van der Waals surface area contributed by atoms with Gasteiger partial charge in [-0.05, 0) is 19.9 Å². The van der Waals surface area contributed by atoms with Gasteiger partial charge < -0.3 is 10.6 Å². The van der Waals surface area contributed by atoms with Crippen molar-refractivity contribution >= 4 is 17.6 Å². The molecule has 1 aromatic carbocycles. The van der Waals surface area contributed by atoms with Crippen LogP contribution in [-0.4, -0.2) is 26.0 Å². The maximum absolute atomic E-state index is 13.2. The molecule has 0 aliphatic carbocycles. The summed E-state index contributed by atoms with van der Waals surface area (Å²) in [5.74, 6) is 0.747. The van der Waals surface area contributed by atoms with Gasteiger partial charge >= 0.3 is 0 Å². The van der Waals surface area contributed by atoms with Gasteiger partial charge in [-0.3, -0.25) is 0 Å². The number of nitrogens with zero attached hydrogens (tertiary/aromatic N) is 4. The summed E-state index contributed by atoms with van der Waals surface area (Å²) in [7, 11) is 0. The molecule has 24 heavy (non-hydrogen) atoms. The van der Waals surface area contributed by atoms with Gasteiger partial charge in [0, 0.05) is 32.4 Å². The van der Waals surface area contributed by atoms with E-state index in [2.05, 4.69) is 30.6 Å². The Bertz CT molecular complexity index is 832. The van der Waals surface area contributed by atoms with Crippen LogP contribution < -0.4 is 10.6 Å². The van der Waals surface area contributed by atoms with Gasteiger partial charge in [0.1, 0.15) is 0 Å². The quantitative estimate of drug-likeness (QED) is 0.686. The molecule has 3 rings (SSSR count). The fourth-order valence-electron chi connectivity index (χ4n) is 2.08. The van der Waals surface area contributed by atoms with Gasteiger partial charge in [0.25, 0.3) is 0 Å². The molecule has 2 N–H and O–H groups in total. The van der Waals surface area contributed by atoms with Crippen molar-refractivity contribution in [2.75, 3.05) is 10.6 Å². The first-order chi connectivity index (χ1) is 11.6. The van der Waals surface area contributed by atoms with Gasteiger partial charge in [-0.25, -0.2) is 4.98 Å². The molecule has 2 aromatic heterocycles. The van der Waals surface area contributed by atoms with Gasteiger partial charge in [-0.2, -0.15) is 19.3 Å². The highest BCUT2D eigenvalue weighted by molar-refractivity contribution is 5.60. The van der Waals surface area contributed by atoms with E-state index in [9.17, 15) is 4.39 Å². The molecule has 126 valence electrons. The smallest absolute Gasteiger partial charge is 0.232 e. The molecule has 0 unspecified atom stereocenters. The largest absolute Gasteiger partial charge is 0.352 e. The second-order valence-corrected chi connectivity index (χ2v) is 5.46. The van der Waals surface area contributed by atoms with Crippen molar-refractivity contribution < 1.29 is 7.24 Å². The van der Waals surface area contributed by atoms with Crippen molar-refractivity contribution in [2.45, 2.75) is 19.9 Å². The van der Waals surface area contributed by atoms with Crippen LogP contribution >= 0.6 is 0 Å². The van der Waals surface area contributed by atoms with Crippen molar-refractivity contribution in [2.24, 2.45) is 0 Å². The number of halogens is 1. The van der Waals surface area contributed by atoms with Gasteiger partial charge in [-0.15, -0.1) is 0 Å². The molecular weight excluding hydrogens is 307 g/mol. The molecular formula is C17H21FN6. The number of nitrogens with one attached hydrogen (secondary N) is 2. The normalized spacial score (nSPS) is 10.7. The maximum atomic E-state index is 13.2. The third-order valence-corrected chi connectivity index (χ3v) is 3.07. The molecule has 0 bridgehead atoms. The van der Waals surface area contributed by atoms with E-state index in [-0.39, 0.29) is 8.90 Å². The van der Waals surface area contributed by atoms with Crippen LogP contribution in [0.25, 0.3) is 11.4 Å². The zero-order chi connectivity index (χ0) is 16.9. The third-order valence-electron chi connectivity index (χ3n) is 3.07. The molecule has 0 aliphatic heterocycles. The highest BCUT2D eigenvalue weighted by atomic mass is 19.1. The number of rotatable bonds is 5. The molecule has 0 aliphatic rings. The molecule has 2 heterocycles. The molecule has 0 radical (unpaired) electrons. The van der Waals surface area contributed by atoms with Crippen molar-refractivity contribution in [1.82, 2.24) is 19.9 Å². The fourth-order valence-corrected chi connectivity index (χ4v) is 2.08. The highest BCUT2D eigenvalue weighted by Gasteiger charge is 2.10. The number of hydrogen-bond donors (Lipinski definition) is 2. The van der Waals surface area contributed by atoms with Gasteiger partial charge in [0.05, 0.1) is 0 Å². The van der Waals surface area contributed by atoms with Gasteiger partial charge in [0.2, 0.25) is 17.8 Å². The summed E-state index contributed by atoms with van der Waals surface area (Å²) in [5, 5.41) is 6.15. The Hall–Kier alpha value is -3.09. The number of pyridine rings is 1. The fraction of sp³-hybridized carbons (Fsp3) is 0.176. The second-order valence-electron chi connectivity index (χ2n) is 5.46. The lowest BCUT2D eigenvalue weighted by Crippen LogP contribution is -2.14. The monoisotopic (exact) mass is 328 g/mol. The molecule has 0 spiro atoms. The van der Waals surface area contributed by atoms with Crippen LogP contribution in [0.2, 0.25) is 0 Å². The van der Waals surface area contributed by atoms with E-state index in [0.717, 1.165) is 5.56 Å². The van der Waals surface area contributed by atoms with E-state index in [1.54, 1.807) is 6.07 Å². The van der Waals surface area contributed by atoms with E-state index in [0.29, 0.717) is 23.4 Å². The number of hydrogen-bond acceptors (Lipinski definition) is 6. The Balaban J connectivity index is 0.00000169. The first-order valence-electron chi connectivity index (χ1n) is 7.57. The Morgan fingerprint density at radius 1 is 1.00 bits per heavy atom. The van der Waals surface area contributed by atoms with E-state index < -0.39 is 5.95 Å². The van der Waals surface area contributed by atoms with E-state index in [1.807, 2.05) is 44.2 Å². The predicted molar refractivity (Wildman–Crippen MR) is 95.7 cm³/mol. The first kappa shape index (κ1) is 15.8. The summed E-state index contributed by atoms with van der Waals surface area (Å²) in [6.45, 7) is 3.99. The lowest BCUT2D eigenvalue weighted by molar-refractivity contribution is 0.584. The molecule has 0 saturated carbocycles. The van der Waals surface area contributed by atoms with Gasteiger partial charge in [-0.1, -0.05) is 30.3 Å². The molecule has 3 aromatic rings. The Morgan fingerprint density at radius 3 is 2.46 bits per heavy atom. The summed E-state index contributed by atoms with van der Waals surface area (Å²) in [5.41, 5.74) is 1.39. The summed E-state index contributed by atoms with van der Waals surface area (Å²) < 4.78 is 13.2. The number of aromatic nitrogens is 4. The van der Waals surface area contributed by atoms with Crippen LogP contribution in [0.15, 0.2) is 48.7 Å².